The van der Waals surface area contributed by atoms with Gasteiger partial charge in [-0.3, -0.25) is 14.4 Å². The lowest BCUT2D eigenvalue weighted by atomic mass is 10.2. The van der Waals surface area contributed by atoms with Gasteiger partial charge in [0.25, 0.3) is 5.56 Å². The van der Waals surface area contributed by atoms with E-state index < -0.39 is 35.7 Å². The SMILES string of the molecule is N#Cc1c[nH]c(=O)n(C2CCN(CC(=O)O)C2=O)c1=O. The highest BCUT2D eigenvalue weighted by Gasteiger charge is 2.35. The van der Waals surface area contributed by atoms with E-state index in [1.807, 2.05) is 0 Å². The van der Waals surface area contributed by atoms with Crippen molar-refractivity contribution in [1.82, 2.24) is 14.5 Å². The van der Waals surface area contributed by atoms with Crippen LogP contribution >= 0.6 is 0 Å². The third-order valence-corrected chi connectivity index (χ3v) is 3.04. The van der Waals surface area contributed by atoms with Gasteiger partial charge in [0.15, 0.2) is 0 Å². The van der Waals surface area contributed by atoms with Crippen LogP contribution in [0.3, 0.4) is 0 Å². The molecule has 0 spiro atoms. The van der Waals surface area contributed by atoms with E-state index in [2.05, 4.69) is 4.98 Å². The maximum atomic E-state index is 12.0. The van der Waals surface area contributed by atoms with Gasteiger partial charge in [-0.1, -0.05) is 0 Å². The molecule has 104 valence electrons. The van der Waals surface area contributed by atoms with Crippen molar-refractivity contribution in [3.05, 3.63) is 32.6 Å². The summed E-state index contributed by atoms with van der Waals surface area (Å²) in [7, 11) is 0. The maximum Gasteiger partial charge on any atom is 0.329 e. The van der Waals surface area contributed by atoms with Crippen molar-refractivity contribution in [3.8, 4) is 6.07 Å². The molecule has 1 unspecified atom stereocenters. The van der Waals surface area contributed by atoms with E-state index >= 15 is 0 Å². The molecular weight excluding hydrogens is 268 g/mol. The number of nitrogens with zero attached hydrogens (tertiary/aromatic N) is 3. The van der Waals surface area contributed by atoms with Gasteiger partial charge in [-0.25, -0.2) is 9.36 Å². The molecule has 1 amide bonds. The van der Waals surface area contributed by atoms with E-state index in [0.29, 0.717) is 4.57 Å². The van der Waals surface area contributed by atoms with Gasteiger partial charge in [0.05, 0.1) is 0 Å². The van der Waals surface area contributed by atoms with E-state index in [0.717, 1.165) is 11.1 Å². The number of aromatic nitrogens is 2. The Kier molecular flexibility index (Phi) is 3.39. The topological polar surface area (TPSA) is 136 Å². The first kappa shape index (κ1) is 13.5. The molecule has 1 atom stereocenters. The van der Waals surface area contributed by atoms with Crippen LogP contribution in [0.2, 0.25) is 0 Å². The third-order valence-electron chi connectivity index (χ3n) is 3.04. The van der Waals surface area contributed by atoms with Crippen molar-refractivity contribution >= 4 is 11.9 Å². The number of likely N-dealkylation sites (tertiary alicyclic amines) is 1. The summed E-state index contributed by atoms with van der Waals surface area (Å²) >= 11 is 0. The minimum absolute atomic E-state index is 0.137. The fraction of sp³-hybridized carbons (Fsp3) is 0.364. The summed E-state index contributed by atoms with van der Waals surface area (Å²) in [4.78, 5) is 49.5. The minimum Gasteiger partial charge on any atom is -0.480 e. The molecule has 9 heteroatoms. The second kappa shape index (κ2) is 5.00. The highest BCUT2D eigenvalue weighted by molar-refractivity contribution is 5.86. The Morgan fingerprint density at radius 2 is 2.20 bits per heavy atom. The second-order valence-corrected chi connectivity index (χ2v) is 4.25. The van der Waals surface area contributed by atoms with Crippen molar-refractivity contribution < 1.29 is 14.7 Å². The number of rotatable bonds is 3. The number of H-pyrrole nitrogens is 1. The number of nitrogens with one attached hydrogen (secondary N) is 1. The largest absolute Gasteiger partial charge is 0.480 e. The Balaban J connectivity index is 2.42. The van der Waals surface area contributed by atoms with Crippen molar-refractivity contribution in [2.24, 2.45) is 0 Å². The first-order valence-corrected chi connectivity index (χ1v) is 5.70. The molecule has 0 aliphatic carbocycles. The Morgan fingerprint density at radius 3 is 2.80 bits per heavy atom. The Labute approximate surface area is 111 Å². The number of hydrogen-bond donors (Lipinski definition) is 2. The molecule has 9 nitrogen and oxygen atoms in total. The van der Waals surface area contributed by atoms with E-state index in [9.17, 15) is 19.2 Å². The Hall–Kier alpha value is -2.89. The van der Waals surface area contributed by atoms with E-state index in [4.69, 9.17) is 10.4 Å². The fourth-order valence-corrected chi connectivity index (χ4v) is 2.13. The van der Waals surface area contributed by atoms with Crippen LogP contribution < -0.4 is 11.2 Å². The average Bonchev–Trinajstić information content (AvgIpc) is 2.72. The van der Waals surface area contributed by atoms with Crippen molar-refractivity contribution in [1.29, 1.82) is 5.26 Å². The molecule has 1 fully saturated rings. The molecule has 1 aliphatic rings. The lowest BCUT2D eigenvalue weighted by Gasteiger charge is -2.14. The molecule has 20 heavy (non-hydrogen) atoms. The summed E-state index contributed by atoms with van der Waals surface area (Å²) in [5.74, 6) is -1.79. The van der Waals surface area contributed by atoms with Crippen molar-refractivity contribution in [3.63, 3.8) is 0 Å². The Morgan fingerprint density at radius 1 is 1.50 bits per heavy atom. The summed E-state index contributed by atoms with van der Waals surface area (Å²) in [6, 6.07) is 0.552. The van der Waals surface area contributed by atoms with Crippen LogP contribution in [0.4, 0.5) is 0 Å². The number of aliphatic carboxylic acids is 1. The van der Waals surface area contributed by atoms with E-state index in [-0.39, 0.29) is 18.5 Å². The summed E-state index contributed by atoms with van der Waals surface area (Å²) in [5.41, 5.74) is -1.94. The van der Waals surface area contributed by atoms with Crippen LogP contribution in [0.5, 0.6) is 0 Å². The Bertz CT molecular complexity index is 726. The predicted octanol–water partition coefficient (Wildman–Crippen LogP) is -1.73. The number of carboxylic acids is 1. The van der Waals surface area contributed by atoms with Gasteiger partial charge in [0.2, 0.25) is 5.91 Å². The fourth-order valence-electron chi connectivity index (χ4n) is 2.13. The van der Waals surface area contributed by atoms with Crippen LogP contribution in [0.15, 0.2) is 15.8 Å². The first-order valence-electron chi connectivity index (χ1n) is 5.70. The summed E-state index contributed by atoms with van der Waals surface area (Å²) in [6.45, 7) is -0.349. The summed E-state index contributed by atoms with van der Waals surface area (Å²) < 4.78 is 0.669. The second-order valence-electron chi connectivity index (χ2n) is 4.25. The van der Waals surface area contributed by atoms with Gasteiger partial charge in [0.1, 0.15) is 24.2 Å². The zero-order valence-electron chi connectivity index (χ0n) is 10.2. The first-order chi connectivity index (χ1) is 9.45. The molecule has 1 saturated heterocycles. The predicted molar refractivity (Wildman–Crippen MR) is 63.9 cm³/mol. The zero-order valence-corrected chi connectivity index (χ0v) is 10.2. The van der Waals surface area contributed by atoms with Crippen LogP contribution in [0.25, 0.3) is 0 Å². The third kappa shape index (κ3) is 2.18. The molecule has 2 rings (SSSR count). The van der Waals surface area contributed by atoms with E-state index in [1.165, 1.54) is 0 Å². The summed E-state index contributed by atoms with van der Waals surface area (Å²) in [5, 5.41) is 17.4. The standard InChI is InChI=1S/C11H10N4O5/c12-3-6-4-13-11(20)15(9(6)18)7-1-2-14(10(7)19)5-8(16)17/h4,7H,1-2,5H2,(H,13,20)(H,16,17). The monoisotopic (exact) mass is 278 g/mol. The molecule has 1 aliphatic heterocycles. The molecule has 2 N–H and O–H groups in total. The molecule has 1 aromatic rings. The van der Waals surface area contributed by atoms with E-state index in [1.54, 1.807) is 6.07 Å². The van der Waals surface area contributed by atoms with Crippen LogP contribution in [0, 0.1) is 11.3 Å². The average molecular weight is 278 g/mol. The van der Waals surface area contributed by atoms with Gasteiger partial charge in [0, 0.05) is 12.7 Å². The number of aromatic amines is 1. The van der Waals surface area contributed by atoms with Gasteiger partial charge in [-0.2, -0.15) is 5.26 Å². The zero-order chi connectivity index (χ0) is 14.9. The number of hydrogen-bond acceptors (Lipinski definition) is 5. The number of amides is 1. The minimum atomic E-state index is -1.17. The maximum absolute atomic E-state index is 12.0. The van der Waals surface area contributed by atoms with Crippen LogP contribution in [0.1, 0.15) is 18.0 Å². The van der Waals surface area contributed by atoms with Gasteiger partial charge < -0.3 is 15.0 Å². The van der Waals surface area contributed by atoms with Gasteiger partial charge in [-0.05, 0) is 6.42 Å². The highest BCUT2D eigenvalue weighted by Crippen LogP contribution is 2.20. The van der Waals surface area contributed by atoms with Gasteiger partial charge in [-0.15, -0.1) is 0 Å². The van der Waals surface area contributed by atoms with Crippen LogP contribution in [-0.2, 0) is 9.59 Å². The molecule has 0 bridgehead atoms. The van der Waals surface area contributed by atoms with Crippen LogP contribution in [-0.4, -0.2) is 44.5 Å². The molecular formula is C11H10N4O5. The van der Waals surface area contributed by atoms with Crippen molar-refractivity contribution in [2.75, 3.05) is 13.1 Å². The number of carbonyl (C=O) groups is 2. The number of nitriles is 1. The lowest BCUT2D eigenvalue weighted by molar-refractivity contribution is -0.143. The highest BCUT2D eigenvalue weighted by atomic mass is 16.4. The number of carbonyl (C=O) groups excluding carboxylic acids is 1. The quantitative estimate of drug-likeness (QED) is 0.674. The lowest BCUT2D eigenvalue weighted by Crippen LogP contribution is -2.42. The van der Waals surface area contributed by atoms with Gasteiger partial charge >= 0.3 is 11.7 Å². The number of carboxylic acid groups (broad SMARTS) is 1. The molecule has 0 aromatic carbocycles. The molecule has 1 aromatic heterocycles. The molecule has 0 radical (unpaired) electrons. The summed E-state index contributed by atoms with van der Waals surface area (Å²) in [6.07, 6.45) is 1.12. The molecule has 0 saturated carbocycles. The normalized spacial score (nSPS) is 18.1. The van der Waals surface area contributed by atoms with Crippen molar-refractivity contribution in [2.45, 2.75) is 12.5 Å². The smallest absolute Gasteiger partial charge is 0.329 e. The molecule has 2 heterocycles.